The average molecular weight is 828 g/mol. The second kappa shape index (κ2) is 17.9. The maximum atomic E-state index is 4.53. The zero-order chi connectivity index (χ0) is 44.4. The zero-order valence-electron chi connectivity index (χ0n) is 38.1. The topological polar surface area (TPSA) is 4.93 Å². The zero-order valence-corrected chi connectivity index (χ0v) is 38.1. The van der Waals surface area contributed by atoms with Crippen LogP contribution < -0.4 is 0 Å². The van der Waals surface area contributed by atoms with Crippen LogP contribution >= 0.6 is 0 Å². The molecule has 0 amide bonds. The van der Waals surface area contributed by atoms with Gasteiger partial charge in [0.2, 0.25) is 0 Å². The van der Waals surface area contributed by atoms with Crippen molar-refractivity contribution in [3.8, 4) is 22.3 Å². The third-order valence-electron chi connectivity index (χ3n) is 13.2. The minimum absolute atomic E-state index is 0.152. The van der Waals surface area contributed by atoms with Crippen LogP contribution in [0, 0.1) is 13.8 Å². The van der Waals surface area contributed by atoms with Gasteiger partial charge in [-0.15, -0.1) is 0 Å². The third-order valence-corrected chi connectivity index (χ3v) is 13.2. The first-order chi connectivity index (χ1) is 31.1. The minimum atomic E-state index is 0.152. The molecule has 2 aliphatic carbocycles. The second-order valence-electron chi connectivity index (χ2n) is 17.9. The number of para-hydroxylation sites is 1. The van der Waals surface area contributed by atoms with E-state index in [1.807, 2.05) is 0 Å². The van der Waals surface area contributed by atoms with Crippen LogP contribution in [-0.2, 0) is 5.41 Å². The van der Waals surface area contributed by atoms with Crippen molar-refractivity contribution in [2.24, 2.45) is 0 Å². The second-order valence-corrected chi connectivity index (χ2v) is 17.9. The van der Waals surface area contributed by atoms with E-state index in [1.54, 1.807) is 0 Å². The van der Waals surface area contributed by atoms with Crippen LogP contribution in [0.25, 0.3) is 66.5 Å². The number of hydrogen-bond donors (Lipinski definition) is 0. The van der Waals surface area contributed by atoms with E-state index in [2.05, 4.69) is 253 Å². The molecule has 0 spiro atoms. The number of nitrogens with zero attached hydrogens (tertiary/aromatic N) is 1. The highest BCUT2D eigenvalue weighted by molar-refractivity contribution is 6.12. The van der Waals surface area contributed by atoms with Crippen molar-refractivity contribution in [1.82, 2.24) is 4.57 Å². The van der Waals surface area contributed by atoms with Crippen LogP contribution in [0.3, 0.4) is 0 Å². The van der Waals surface area contributed by atoms with Crippen LogP contribution in [0.15, 0.2) is 212 Å². The normalized spacial score (nSPS) is 14.3. The molecule has 0 radical (unpaired) electrons. The first-order valence-corrected chi connectivity index (χ1v) is 22.7. The van der Waals surface area contributed by atoms with E-state index in [4.69, 9.17) is 0 Å². The van der Waals surface area contributed by atoms with Crippen molar-refractivity contribution >= 4 is 44.2 Å². The van der Waals surface area contributed by atoms with Gasteiger partial charge in [-0.05, 0) is 142 Å². The van der Waals surface area contributed by atoms with Crippen LogP contribution in [0.4, 0.5) is 0 Å². The summed E-state index contributed by atoms with van der Waals surface area (Å²) in [5, 5.41) is 2.47. The summed E-state index contributed by atoms with van der Waals surface area (Å²) in [4.78, 5) is 0. The average Bonchev–Trinajstić information content (AvgIpc) is 3.65. The van der Waals surface area contributed by atoms with Crippen LogP contribution in [0.2, 0.25) is 0 Å². The molecule has 0 aliphatic heterocycles. The van der Waals surface area contributed by atoms with Crippen molar-refractivity contribution in [3.05, 3.63) is 251 Å². The monoisotopic (exact) mass is 827 g/mol. The molecule has 1 heteroatoms. The Balaban J connectivity index is 0.000000270. The molecule has 7 aromatic carbocycles. The molecule has 10 rings (SSSR count). The molecule has 0 fully saturated rings. The Hall–Kier alpha value is -7.22. The number of benzene rings is 7. The first-order valence-electron chi connectivity index (χ1n) is 22.7. The van der Waals surface area contributed by atoms with E-state index in [0.717, 1.165) is 29.7 Å². The third kappa shape index (κ3) is 8.11. The molecule has 314 valence electrons. The highest BCUT2D eigenvalue weighted by Gasteiger charge is 2.34. The van der Waals surface area contributed by atoms with Crippen molar-refractivity contribution in [1.29, 1.82) is 0 Å². The van der Waals surface area contributed by atoms with Gasteiger partial charge in [0.25, 0.3) is 0 Å². The molecule has 0 atom stereocenters. The van der Waals surface area contributed by atoms with Gasteiger partial charge < -0.3 is 4.57 Å². The predicted molar refractivity (Wildman–Crippen MR) is 278 cm³/mol. The van der Waals surface area contributed by atoms with E-state index in [-0.39, 0.29) is 5.41 Å². The van der Waals surface area contributed by atoms with Gasteiger partial charge in [-0.25, -0.2) is 0 Å². The predicted octanol–water partition coefficient (Wildman–Crippen LogP) is 17.4. The van der Waals surface area contributed by atoms with E-state index < -0.39 is 0 Å². The van der Waals surface area contributed by atoms with Crippen molar-refractivity contribution in [2.45, 2.75) is 59.8 Å². The van der Waals surface area contributed by atoms with Crippen molar-refractivity contribution < 1.29 is 0 Å². The summed E-state index contributed by atoms with van der Waals surface area (Å²) in [6.45, 7) is 18.0. The summed E-state index contributed by atoms with van der Waals surface area (Å²) >= 11 is 0. The molecule has 1 aromatic heterocycles. The molecule has 64 heavy (non-hydrogen) atoms. The smallest absolute Gasteiger partial charge is 0.0541 e. The molecule has 0 saturated carbocycles. The fraction of sp³-hybridized carbons (Fsp3) is 0.143. The Morgan fingerprint density at radius 2 is 1.25 bits per heavy atom. The lowest BCUT2D eigenvalue weighted by molar-refractivity contribution is 0.660. The maximum absolute atomic E-state index is 4.53. The lowest BCUT2D eigenvalue weighted by atomic mass is 9.82. The highest BCUT2D eigenvalue weighted by Crippen LogP contribution is 2.48. The first kappa shape index (κ1) is 42.1. The Morgan fingerprint density at radius 1 is 0.594 bits per heavy atom. The molecule has 0 N–H and O–H groups in total. The molecule has 1 nitrogen and oxygen atoms in total. The molecule has 1 heterocycles. The van der Waals surface area contributed by atoms with E-state index in [1.165, 1.54) is 94.2 Å². The summed E-state index contributed by atoms with van der Waals surface area (Å²) in [6, 6.07) is 59.4. The Kier molecular flexibility index (Phi) is 11.8. The van der Waals surface area contributed by atoms with Crippen LogP contribution in [0.1, 0.15) is 79.5 Å². The Morgan fingerprint density at radius 3 is 2.03 bits per heavy atom. The largest absolute Gasteiger partial charge is 0.309 e. The standard InChI is InChI=1S/C47H41N.C16H16/c1-5-36(38-20-12-8-13-21-38)30-41(29-35(4)37-18-10-7-11-19-37)48-46-24-16-15-23-43(46)45-32-40(27-28-47(45)48)39-26-25-34(3)44(31-39)42-22-14-6-9-17-33(42)2;1-11-8-9-15-13(10-11)12-6-4-5-7-14(12)16(15,2)3/h6-16,18-32H,4-5,17H2,1-3H3;4-10H,1-3H3/b36-30+,41-29+;. The SMILES string of the molecule is C=C(/C=C(\C=C(/CC)c1ccccc1)n1c2ccccc2c2cc(-c3ccc(C)c(C4=C(C)CC=CC=C4)c3)ccc21)c1ccccc1.Cc1ccc2c(c1)-c1ccccc1C2(C)C. The van der Waals surface area contributed by atoms with E-state index in [0.29, 0.717) is 0 Å². The Labute approximate surface area is 380 Å². The van der Waals surface area contributed by atoms with Gasteiger partial charge in [-0.2, -0.15) is 0 Å². The number of rotatable bonds is 8. The fourth-order valence-electron chi connectivity index (χ4n) is 9.71. The van der Waals surface area contributed by atoms with E-state index in [9.17, 15) is 0 Å². The quantitative estimate of drug-likeness (QED) is 0.135. The number of fused-ring (bicyclic) bond motifs is 6. The number of hydrogen-bond acceptors (Lipinski definition) is 0. The summed E-state index contributed by atoms with van der Waals surface area (Å²) in [7, 11) is 0. The minimum Gasteiger partial charge on any atom is -0.309 e. The van der Waals surface area contributed by atoms with Gasteiger partial charge in [0.1, 0.15) is 0 Å². The fourth-order valence-corrected chi connectivity index (χ4v) is 9.71. The molecular weight excluding hydrogens is 771 g/mol. The number of aryl methyl sites for hydroxylation is 2. The molecule has 0 unspecified atom stereocenters. The Bertz CT molecular complexity index is 3210. The highest BCUT2D eigenvalue weighted by atomic mass is 15.0. The van der Waals surface area contributed by atoms with Crippen LogP contribution in [0.5, 0.6) is 0 Å². The molecule has 8 aromatic rings. The van der Waals surface area contributed by atoms with Gasteiger partial charge in [0, 0.05) is 21.9 Å². The lowest BCUT2D eigenvalue weighted by Crippen LogP contribution is -2.14. The number of allylic oxidation sites excluding steroid dienone is 11. The van der Waals surface area contributed by atoms with Crippen molar-refractivity contribution in [3.63, 3.8) is 0 Å². The van der Waals surface area contributed by atoms with Gasteiger partial charge >= 0.3 is 0 Å². The molecular formula is C63H57N. The van der Waals surface area contributed by atoms with Gasteiger partial charge in [0.05, 0.1) is 11.0 Å². The van der Waals surface area contributed by atoms with Crippen LogP contribution in [-0.4, -0.2) is 4.57 Å². The number of aromatic nitrogens is 1. The maximum Gasteiger partial charge on any atom is 0.0541 e. The van der Waals surface area contributed by atoms with Gasteiger partial charge in [-0.1, -0.05) is 202 Å². The van der Waals surface area contributed by atoms with Crippen molar-refractivity contribution in [2.75, 3.05) is 0 Å². The molecule has 0 saturated heterocycles. The summed E-state index contributed by atoms with van der Waals surface area (Å²) in [5.41, 5.74) is 23.0. The molecule has 0 bridgehead atoms. The van der Waals surface area contributed by atoms with Gasteiger partial charge in [-0.3, -0.25) is 0 Å². The molecule has 2 aliphatic rings. The summed E-state index contributed by atoms with van der Waals surface area (Å²) in [6.07, 6.45) is 15.3. The van der Waals surface area contributed by atoms with E-state index >= 15 is 0 Å². The lowest BCUT2D eigenvalue weighted by Gasteiger charge is -2.21. The van der Waals surface area contributed by atoms with Gasteiger partial charge in [0.15, 0.2) is 0 Å². The summed E-state index contributed by atoms with van der Waals surface area (Å²) < 4.78 is 2.42. The summed E-state index contributed by atoms with van der Waals surface area (Å²) in [5.74, 6) is 0.